The Morgan fingerprint density at radius 3 is 3.00 bits per heavy atom. The molecule has 0 aliphatic heterocycles. The molecule has 1 aromatic heterocycles. The Morgan fingerprint density at radius 1 is 1.50 bits per heavy atom. The highest BCUT2D eigenvalue weighted by molar-refractivity contribution is 7.15. The molecular weight excluding hydrogens is 341 g/mol. The average molecular weight is 358 g/mol. The van der Waals surface area contributed by atoms with E-state index in [1.54, 1.807) is 18.2 Å². The molecule has 22 heavy (non-hydrogen) atoms. The third-order valence-electron chi connectivity index (χ3n) is 3.63. The van der Waals surface area contributed by atoms with Gasteiger partial charge in [0.2, 0.25) is 0 Å². The average Bonchev–Trinajstić information content (AvgIpc) is 2.79. The van der Waals surface area contributed by atoms with E-state index < -0.39 is 0 Å². The predicted molar refractivity (Wildman–Crippen MR) is 93.5 cm³/mol. The number of benzene rings is 1. The van der Waals surface area contributed by atoms with Crippen LogP contribution in [0.25, 0.3) is 0 Å². The lowest BCUT2D eigenvalue weighted by Gasteiger charge is -2.15. The number of aryl methyl sites for hydroxylation is 2. The van der Waals surface area contributed by atoms with Crippen LogP contribution in [0.5, 0.6) is 0 Å². The number of amides is 1. The summed E-state index contributed by atoms with van der Waals surface area (Å²) in [5, 5.41) is 4.15. The molecule has 1 heterocycles. The maximum absolute atomic E-state index is 12.3. The summed E-state index contributed by atoms with van der Waals surface area (Å²) in [6.07, 6.45) is 2.70. The van der Waals surface area contributed by atoms with Gasteiger partial charge < -0.3 is 5.73 Å². The first-order chi connectivity index (χ1) is 10.0. The fraction of sp³-hybridized carbons (Fsp3) is 0.333. The molecule has 0 saturated carbocycles. The summed E-state index contributed by atoms with van der Waals surface area (Å²) in [5.74, 6) is -0.153. The zero-order valence-electron chi connectivity index (χ0n) is 12.1. The third kappa shape index (κ3) is 3.60. The van der Waals surface area contributed by atoms with Crippen molar-refractivity contribution in [2.75, 3.05) is 5.32 Å². The van der Waals surface area contributed by atoms with Crippen molar-refractivity contribution in [1.29, 1.82) is 0 Å². The molecule has 0 radical (unpaired) electrons. The van der Waals surface area contributed by atoms with Crippen molar-refractivity contribution in [3.05, 3.63) is 44.9 Å². The van der Waals surface area contributed by atoms with Crippen LogP contribution in [0, 0.1) is 6.92 Å². The van der Waals surface area contributed by atoms with Gasteiger partial charge in [-0.1, -0.05) is 11.6 Å². The number of carbonyl (C=O) groups is 1. The molecule has 1 amide bonds. The van der Waals surface area contributed by atoms with E-state index >= 15 is 0 Å². The van der Waals surface area contributed by atoms with E-state index in [1.165, 1.54) is 16.2 Å². The smallest absolute Gasteiger partial charge is 0.257 e. The largest absolute Gasteiger partial charge is 0.327 e. The molecule has 7 heteroatoms. The van der Waals surface area contributed by atoms with Crippen molar-refractivity contribution < 1.29 is 4.79 Å². The van der Waals surface area contributed by atoms with E-state index in [2.05, 4.69) is 10.3 Å². The van der Waals surface area contributed by atoms with Gasteiger partial charge in [0, 0.05) is 21.5 Å². The number of nitrogens with one attached hydrogen (secondary N) is 1. The van der Waals surface area contributed by atoms with Crippen molar-refractivity contribution in [2.45, 2.75) is 32.2 Å². The molecule has 2 aromatic rings. The Balaban J connectivity index is 0.00000176. The number of rotatable bonds is 2. The summed E-state index contributed by atoms with van der Waals surface area (Å²) in [6.45, 7) is 1.87. The molecule has 1 aliphatic carbocycles. The topological polar surface area (TPSA) is 68.0 Å². The summed E-state index contributed by atoms with van der Waals surface area (Å²) in [6, 6.07) is 5.44. The summed E-state index contributed by atoms with van der Waals surface area (Å²) < 4.78 is 0. The van der Waals surface area contributed by atoms with Crippen molar-refractivity contribution in [2.24, 2.45) is 5.73 Å². The van der Waals surface area contributed by atoms with Gasteiger partial charge in [0.1, 0.15) is 0 Å². The predicted octanol–water partition coefficient (Wildman–Crippen LogP) is 3.60. The van der Waals surface area contributed by atoms with Crippen LogP contribution in [0.2, 0.25) is 5.02 Å². The van der Waals surface area contributed by atoms with Gasteiger partial charge in [-0.05, 0) is 49.9 Å². The van der Waals surface area contributed by atoms with E-state index in [0.717, 1.165) is 30.5 Å². The van der Waals surface area contributed by atoms with E-state index in [1.807, 2.05) is 6.92 Å². The molecule has 3 N–H and O–H groups in total. The van der Waals surface area contributed by atoms with Gasteiger partial charge in [0.15, 0.2) is 5.13 Å². The number of hydrogen-bond donors (Lipinski definition) is 2. The minimum atomic E-state index is -0.153. The van der Waals surface area contributed by atoms with E-state index in [-0.39, 0.29) is 24.4 Å². The Bertz CT molecular complexity index is 702. The second-order valence-electron chi connectivity index (χ2n) is 5.31. The van der Waals surface area contributed by atoms with Crippen LogP contribution < -0.4 is 11.1 Å². The first kappa shape index (κ1) is 17.2. The molecule has 0 unspecified atom stereocenters. The molecule has 4 nitrogen and oxygen atoms in total. The quantitative estimate of drug-likeness (QED) is 0.862. The number of aromatic nitrogens is 1. The molecule has 1 atom stereocenters. The highest BCUT2D eigenvalue weighted by atomic mass is 35.5. The number of nitrogens with zero attached hydrogens (tertiary/aromatic N) is 1. The normalized spacial score (nSPS) is 16.6. The second kappa shape index (κ2) is 6.96. The highest BCUT2D eigenvalue weighted by Gasteiger charge is 2.21. The van der Waals surface area contributed by atoms with E-state index in [0.29, 0.717) is 15.7 Å². The van der Waals surface area contributed by atoms with Crippen LogP contribution in [0.3, 0.4) is 0 Å². The molecular formula is C15H17Cl2N3OS. The van der Waals surface area contributed by atoms with Crippen molar-refractivity contribution in [3.8, 4) is 0 Å². The number of halogens is 2. The molecule has 0 spiro atoms. The summed E-state index contributed by atoms with van der Waals surface area (Å²) in [4.78, 5) is 18.0. The molecule has 118 valence electrons. The highest BCUT2D eigenvalue weighted by Crippen LogP contribution is 2.29. The van der Waals surface area contributed by atoms with Crippen molar-refractivity contribution in [3.63, 3.8) is 0 Å². The fourth-order valence-electron chi connectivity index (χ4n) is 2.50. The maximum Gasteiger partial charge on any atom is 0.257 e. The standard InChI is InChI=1S/C15H16ClN3OS.ClH/c1-8-6-9(16)2-4-11(8)14(20)19-15-18-12-5-3-10(17)7-13(12)21-15;/h2,4,6,10H,3,5,7,17H2,1H3,(H,18,19,20);1H/t10-;/m0./s1. The van der Waals surface area contributed by atoms with Gasteiger partial charge in [0.25, 0.3) is 5.91 Å². The van der Waals surface area contributed by atoms with Crippen LogP contribution in [0.1, 0.15) is 32.9 Å². The number of anilines is 1. The number of carbonyl (C=O) groups excluding carboxylic acids is 1. The van der Waals surface area contributed by atoms with E-state index in [9.17, 15) is 4.79 Å². The second-order valence-corrected chi connectivity index (χ2v) is 6.83. The number of hydrogen-bond acceptors (Lipinski definition) is 4. The third-order valence-corrected chi connectivity index (χ3v) is 4.90. The molecule has 1 aromatic carbocycles. The Kier molecular flexibility index (Phi) is 5.45. The van der Waals surface area contributed by atoms with Gasteiger partial charge in [-0.25, -0.2) is 4.98 Å². The number of nitrogens with two attached hydrogens (primary N) is 1. The molecule has 1 aliphatic rings. The van der Waals surface area contributed by atoms with Crippen LogP contribution in [-0.4, -0.2) is 16.9 Å². The lowest BCUT2D eigenvalue weighted by atomic mass is 9.99. The first-order valence-corrected chi connectivity index (χ1v) is 8.04. The lowest BCUT2D eigenvalue weighted by Crippen LogP contribution is -2.27. The number of fused-ring (bicyclic) bond motifs is 1. The van der Waals surface area contributed by atoms with Gasteiger partial charge in [-0.3, -0.25) is 10.1 Å². The van der Waals surface area contributed by atoms with Gasteiger partial charge in [-0.2, -0.15) is 0 Å². The van der Waals surface area contributed by atoms with E-state index in [4.69, 9.17) is 17.3 Å². The van der Waals surface area contributed by atoms with Crippen LogP contribution in [0.4, 0.5) is 5.13 Å². The summed E-state index contributed by atoms with van der Waals surface area (Å²) in [5.41, 5.74) is 8.50. The van der Waals surface area contributed by atoms with Crippen LogP contribution in [-0.2, 0) is 12.8 Å². The Morgan fingerprint density at radius 2 is 2.27 bits per heavy atom. The minimum Gasteiger partial charge on any atom is -0.327 e. The summed E-state index contributed by atoms with van der Waals surface area (Å²) in [7, 11) is 0. The van der Waals surface area contributed by atoms with Gasteiger partial charge in [-0.15, -0.1) is 23.7 Å². The fourth-order valence-corrected chi connectivity index (χ4v) is 3.82. The first-order valence-electron chi connectivity index (χ1n) is 6.84. The van der Waals surface area contributed by atoms with Gasteiger partial charge >= 0.3 is 0 Å². The molecule has 0 bridgehead atoms. The SMILES string of the molecule is Cc1cc(Cl)ccc1C(=O)Nc1nc2c(s1)C[C@@H](N)CC2.Cl. The van der Waals surface area contributed by atoms with Crippen molar-refractivity contribution in [1.82, 2.24) is 4.98 Å². The van der Waals surface area contributed by atoms with Crippen molar-refractivity contribution >= 4 is 46.4 Å². The lowest BCUT2D eigenvalue weighted by molar-refractivity contribution is 0.102. The van der Waals surface area contributed by atoms with Crippen LogP contribution >= 0.6 is 35.3 Å². The molecule has 0 fully saturated rings. The Labute approximate surface area is 144 Å². The minimum absolute atomic E-state index is 0. The number of thiazole rings is 1. The zero-order chi connectivity index (χ0) is 15.0. The molecule has 3 rings (SSSR count). The summed E-state index contributed by atoms with van der Waals surface area (Å²) >= 11 is 7.43. The van der Waals surface area contributed by atoms with Gasteiger partial charge in [0.05, 0.1) is 5.69 Å². The zero-order valence-corrected chi connectivity index (χ0v) is 14.4. The van der Waals surface area contributed by atoms with Crippen LogP contribution in [0.15, 0.2) is 18.2 Å². The molecule has 0 saturated heterocycles. The monoisotopic (exact) mass is 357 g/mol. The maximum atomic E-state index is 12.3. The Hall–Kier alpha value is -1.14.